The second-order valence-electron chi connectivity index (χ2n) is 5.05. The van der Waals surface area contributed by atoms with Gasteiger partial charge in [0.25, 0.3) is 0 Å². The van der Waals surface area contributed by atoms with Crippen molar-refractivity contribution in [1.82, 2.24) is 5.32 Å². The van der Waals surface area contributed by atoms with E-state index >= 15 is 0 Å². The SMILES string of the molecule is CC(O)C(C)(C)NC(=O)Nc1ccc(OC(F)(F)F)cc1. The first kappa shape index (κ1) is 17.1. The summed E-state index contributed by atoms with van der Waals surface area (Å²) in [6, 6.07) is 4.14. The van der Waals surface area contributed by atoms with Crippen LogP contribution in [0.25, 0.3) is 0 Å². The smallest absolute Gasteiger partial charge is 0.406 e. The van der Waals surface area contributed by atoms with Crippen molar-refractivity contribution in [2.24, 2.45) is 0 Å². The van der Waals surface area contributed by atoms with Gasteiger partial charge in [0.15, 0.2) is 0 Å². The Bertz CT molecular complexity index is 484. The number of nitrogens with one attached hydrogen (secondary N) is 2. The molecule has 0 saturated heterocycles. The van der Waals surface area contributed by atoms with Gasteiger partial charge in [-0.25, -0.2) is 4.79 Å². The Morgan fingerprint density at radius 2 is 1.76 bits per heavy atom. The highest BCUT2D eigenvalue weighted by Gasteiger charge is 2.31. The lowest BCUT2D eigenvalue weighted by atomic mass is 9.99. The van der Waals surface area contributed by atoms with Crippen molar-refractivity contribution in [2.75, 3.05) is 5.32 Å². The van der Waals surface area contributed by atoms with Crippen LogP contribution in [-0.4, -0.2) is 29.1 Å². The van der Waals surface area contributed by atoms with Gasteiger partial charge in [0.1, 0.15) is 5.75 Å². The van der Waals surface area contributed by atoms with Crippen LogP contribution in [-0.2, 0) is 0 Å². The lowest BCUT2D eigenvalue weighted by Crippen LogP contribution is -2.52. The molecule has 0 radical (unpaired) electrons. The van der Waals surface area contributed by atoms with Crippen molar-refractivity contribution in [3.8, 4) is 5.75 Å². The van der Waals surface area contributed by atoms with E-state index in [-0.39, 0.29) is 5.75 Å². The topological polar surface area (TPSA) is 70.6 Å². The number of rotatable bonds is 4. The summed E-state index contributed by atoms with van der Waals surface area (Å²) < 4.78 is 39.7. The molecule has 0 aliphatic carbocycles. The molecule has 2 amide bonds. The van der Waals surface area contributed by atoms with Crippen LogP contribution in [0, 0.1) is 0 Å². The Labute approximate surface area is 120 Å². The zero-order valence-electron chi connectivity index (χ0n) is 11.8. The number of hydrogen-bond acceptors (Lipinski definition) is 3. The summed E-state index contributed by atoms with van der Waals surface area (Å²) in [6.07, 6.45) is -5.53. The van der Waals surface area contributed by atoms with E-state index in [1.165, 1.54) is 19.1 Å². The first-order valence-electron chi connectivity index (χ1n) is 6.12. The zero-order valence-corrected chi connectivity index (χ0v) is 11.8. The van der Waals surface area contributed by atoms with Gasteiger partial charge >= 0.3 is 12.4 Å². The molecule has 3 N–H and O–H groups in total. The van der Waals surface area contributed by atoms with Crippen LogP contribution in [0.5, 0.6) is 5.75 Å². The number of halogens is 3. The Morgan fingerprint density at radius 1 is 1.24 bits per heavy atom. The molecule has 1 rings (SSSR count). The van der Waals surface area contributed by atoms with Gasteiger partial charge < -0.3 is 20.5 Å². The predicted molar refractivity (Wildman–Crippen MR) is 71.0 cm³/mol. The molecule has 21 heavy (non-hydrogen) atoms. The van der Waals surface area contributed by atoms with Gasteiger partial charge in [0, 0.05) is 5.69 Å². The third kappa shape index (κ3) is 5.90. The number of anilines is 1. The minimum atomic E-state index is -4.76. The number of amides is 2. The molecule has 1 unspecified atom stereocenters. The summed E-state index contributed by atoms with van der Waals surface area (Å²) in [4.78, 5) is 11.7. The molecule has 0 aliphatic heterocycles. The van der Waals surface area contributed by atoms with Crippen LogP contribution < -0.4 is 15.4 Å². The van der Waals surface area contributed by atoms with Crippen molar-refractivity contribution in [3.63, 3.8) is 0 Å². The summed E-state index contributed by atoms with van der Waals surface area (Å²) in [5.41, 5.74) is -0.549. The largest absolute Gasteiger partial charge is 0.573 e. The summed E-state index contributed by atoms with van der Waals surface area (Å²) in [5.74, 6) is -0.377. The van der Waals surface area contributed by atoms with Crippen LogP contribution in [0.2, 0.25) is 0 Å². The number of aliphatic hydroxyl groups is 1. The first-order chi connectivity index (χ1) is 9.49. The fraction of sp³-hybridized carbons (Fsp3) is 0.462. The summed E-state index contributed by atoms with van der Waals surface area (Å²) in [5, 5.41) is 14.5. The summed E-state index contributed by atoms with van der Waals surface area (Å²) >= 11 is 0. The number of aliphatic hydroxyl groups excluding tert-OH is 1. The third-order valence-electron chi connectivity index (χ3n) is 2.83. The fourth-order valence-electron chi connectivity index (χ4n) is 1.30. The molecule has 1 aromatic rings. The lowest BCUT2D eigenvalue weighted by Gasteiger charge is -2.29. The number of carbonyl (C=O) groups excluding carboxylic acids is 1. The van der Waals surface area contributed by atoms with Crippen LogP contribution in [0.15, 0.2) is 24.3 Å². The van der Waals surface area contributed by atoms with E-state index in [4.69, 9.17) is 0 Å². The molecule has 0 heterocycles. The Morgan fingerprint density at radius 3 is 2.19 bits per heavy atom. The molecule has 1 aromatic carbocycles. The van der Waals surface area contributed by atoms with Crippen molar-refractivity contribution >= 4 is 11.7 Å². The predicted octanol–water partition coefficient (Wildman–Crippen LogP) is 2.87. The van der Waals surface area contributed by atoms with E-state index in [1.807, 2.05) is 0 Å². The molecule has 5 nitrogen and oxygen atoms in total. The highest BCUT2D eigenvalue weighted by atomic mass is 19.4. The minimum Gasteiger partial charge on any atom is -0.406 e. The Balaban J connectivity index is 2.62. The zero-order chi connectivity index (χ0) is 16.3. The first-order valence-corrected chi connectivity index (χ1v) is 6.12. The third-order valence-corrected chi connectivity index (χ3v) is 2.83. The number of carbonyl (C=O) groups is 1. The molecule has 0 spiro atoms. The molecule has 0 saturated carbocycles. The van der Waals surface area contributed by atoms with Gasteiger partial charge in [-0.1, -0.05) is 0 Å². The monoisotopic (exact) mass is 306 g/mol. The maximum atomic E-state index is 12.0. The van der Waals surface area contributed by atoms with E-state index in [0.717, 1.165) is 12.1 Å². The van der Waals surface area contributed by atoms with Gasteiger partial charge in [-0.2, -0.15) is 0 Å². The van der Waals surface area contributed by atoms with Crippen LogP contribution in [0.3, 0.4) is 0 Å². The molecule has 0 aromatic heterocycles. The highest BCUT2D eigenvalue weighted by molar-refractivity contribution is 5.89. The molecule has 0 fully saturated rings. The summed E-state index contributed by atoms with van der Waals surface area (Å²) in [7, 11) is 0. The van der Waals surface area contributed by atoms with Crippen molar-refractivity contribution < 1.29 is 27.8 Å². The summed E-state index contributed by atoms with van der Waals surface area (Å²) in [6.45, 7) is 4.80. The lowest BCUT2D eigenvalue weighted by molar-refractivity contribution is -0.274. The maximum Gasteiger partial charge on any atom is 0.573 e. The van der Waals surface area contributed by atoms with E-state index in [2.05, 4.69) is 15.4 Å². The van der Waals surface area contributed by atoms with E-state index in [1.54, 1.807) is 13.8 Å². The average molecular weight is 306 g/mol. The van der Waals surface area contributed by atoms with Crippen molar-refractivity contribution in [1.29, 1.82) is 0 Å². The number of hydrogen-bond donors (Lipinski definition) is 3. The number of urea groups is 1. The molecule has 1 atom stereocenters. The standard InChI is InChI=1S/C13H17F3N2O3/c1-8(19)12(2,3)18-11(20)17-9-4-6-10(7-5-9)21-13(14,15)16/h4-8,19H,1-3H3,(H2,17,18,20). The molecule has 0 aliphatic rings. The quantitative estimate of drug-likeness (QED) is 0.801. The van der Waals surface area contributed by atoms with E-state index in [0.29, 0.717) is 5.69 Å². The van der Waals surface area contributed by atoms with Gasteiger partial charge in [-0.3, -0.25) is 0 Å². The number of alkyl halides is 3. The van der Waals surface area contributed by atoms with Crippen LogP contribution in [0.1, 0.15) is 20.8 Å². The molecule has 0 bridgehead atoms. The van der Waals surface area contributed by atoms with Crippen LogP contribution >= 0.6 is 0 Å². The Kier molecular flexibility index (Phi) is 5.06. The van der Waals surface area contributed by atoms with Gasteiger partial charge in [-0.05, 0) is 45.0 Å². The second-order valence-corrected chi connectivity index (χ2v) is 5.05. The van der Waals surface area contributed by atoms with Gasteiger partial charge in [0.2, 0.25) is 0 Å². The van der Waals surface area contributed by atoms with Crippen LogP contribution in [0.4, 0.5) is 23.7 Å². The average Bonchev–Trinajstić information content (AvgIpc) is 2.28. The normalized spacial score (nSPS) is 13.5. The number of benzene rings is 1. The molecule has 118 valence electrons. The van der Waals surface area contributed by atoms with Crippen molar-refractivity contribution in [2.45, 2.75) is 38.8 Å². The minimum absolute atomic E-state index is 0.295. The molecular formula is C13H17F3N2O3. The van der Waals surface area contributed by atoms with Crippen molar-refractivity contribution in [3.05, 3.63) is 24.3 Å². The van der Waals surface area contributed by atoms with E-state index < -0.39 is 24.0 Å². The fourth-order valence-corrected chi connectivity index (χ4v) is 1.30. The van der Waals surface area contributed by atoms with Gasteiger partial charge in [0.05, 0.1) is 11.6 Å². The highest BCUT2D eigenvalue weighted by Crippen LogP contribution is 2.24. The molecule has 8 heteroatoms. The van der Waals surface area contributed by atoms with E-state index in [9.17, 15) is 23.1 Å². The maximum absolute atomic E-state index is 12.0. The van der Waals surface area contributed by atoms with Gasteiger partial charge in [-0.15, -0.1) is 13.2 Å². The molecular weight excluding hydrogens is 289 g/mol. The Hall–Kier alpha value is -1.96. The number of ether oxygens (including phenoxy) is 1. The second kappa shape index (κ2) is 6.21.